The van der Waals surface area contributed by atoms with Crippen LogP contribution in [0.25, 0.3) is 0 Å². The second-order valence-electron chi connectivity index (χ2n) is 7.52. The molecule has 0 bridgehead atoms. The summed E-state index contributed by atoms with van der Waals surface area (Å²) in [6, 6.07) is 3.73. The van der Waals surface area contributed by atoms with E-state index in [2.05, 4.69) is 10.6 Å². The van der Waals surface area contributed by atoms with E-state index in [1.54, 1.807) is 6.07 Å². The standard InChI is InChI=1S/C20H26N4O8S/c1-12(19(29)23-14(18(21)28)9-10-17(26)27)22-16(25)8-4-5-11-24-20(30)13-6-2-3-7-15(13)33(24,31)32/h2-3,6-7,12,14H,4-5,8-11H2,1H3,(H2,21,28)(H,22,25)(H,23,29)(H,26,27)/t12-,14+/m1/s1. The minimum atomic E-state index is -3.90. The van der Waals surface area contributed by atoms with Crippen molar-refractivity contribution in [2.45, 2.75) is 56.0 Å². The van der Waals surface area contributed by atoms with Crippen molar-refractivity contribution in [1.82, 2.24) is 14.9 Å². The molecule has 12 nitrogen and oxygen atoms in total. The number of hydrogen-bond donors (Lipinski definition) is 4. The fourth-order valence-electron chi connectivity index (χ4n) is 3.22. The number of nitrogens with one attached hydrogen (secondary N) is 2. The molecule has 1 aromatic rings. The lowest BCUT2D eigenvalue weighted by atomic mass is 10.1. The number of sulfonamides is 1. The van der Waals surface area contributed by atoms with Gasteiger partial charge in [0.1, 0.15) is 17.0 Å². The van der Waals surface area contributed by atoms with Crippen LogP contribution < -0.4 is 16.4 Å². The number of unbranched alkanes of at least 4 members (excludes halogenated alkanes) is 1. The van der Waals surface area contributed by atoms with E-state index < -0.39 is 51.7 Å². The monoisotopic (exact) mass is 482 g/mol. The Labute approximate surface area is 190 Å². The number of nitrogens with two attached hydrogens (primary N) is 1. The summed E-state index contributed by atoms with van der Waals surface area (Å²) in [4.78, 5) is 58.6. The molecule has 4 amide bonds. The second kappa shape index (κ2) is 10.9. The number of rotatable bonds is 12. The first-order valence-corrected chi connectivity index (χ1v) is 11.7. The van der Waals surface area contributed by atoms with E-state index in [0.29, 0.717) is 0 Å². The van der Waals surface area contributed by atoms with Crippen molar-refractivity contribution in [2.24, 2.45) is 5.73 Å². The molecule has 0 fully saturated rings. The summed E-state index contributed by atoms with van der Waals surface area (Å²) in [7, 11) is -3.90. The van der Waals surface area contributed by atoms with Gasteiger partial charge < -0.3 is 21.5 Å². The van der Waals surface area contributed by atoms with Gasteiger partial charge in [0.25, 0.3) is 15.9 Å². The normalized spacial score (nSPS) is 15.9. The van der Waals surface area contributed by atoms with Crippen LogP contribution in [0.1, 0.15) is 49.4 Å². The van der Waals surface area contributed by atoms with Crippen LogP contribution in [0.5, 0.6) is 0 Å². The highest BCUT2D eigenvalue weighted by Crippen LogP contribution is 2.30. The van der Waals surface area contributed by atoms with Gasteiger partial charge in [-0.15, -0.1) is 0 Å². The van der Waals surface area contributed by atoms with Gasteiger partial charge in [0.2, 0.25) is 17.7 Å². The molecule has 1 aromatic carbocycles. The van der Waals surface area contributed by atoms with Crippen molar-refractivity contribution in [3.8, 4) is 0 Å². The molecule has 0 aromatic heterocycles. The molecule has 1 aliphatic rings. The lowest BCUT2D eigenvalue weighted by Gasteiger charge is -2.19. The van der Waals surface area contributed by atoms with E-state index in [-0.39, 0.29) is 49.1 Å². The number of carboxylic acid groups (broad SMARTS) is 1. The summed E-state index contributed by atoms with van der Waals surface area (Å²) in [5.41, 5.74) is 5.28. The average Bonchev–Trinajstić information content (AvgIpc) is 2.93. The third-order valence-corrected chi connectivity index (χ3v) is 6.85. The number of hydrogen-bond acceptors (Lipinski definition) is 7. The first-order chi connectivity index (χ1) is 15.4. The smallest absolute Gasteiger partial charge is 0.303 e. The third kappa shape index (κ3) is 6.51. The first-order valence-electron chi connectivity index (χ1n) is 10.2. The minimum Gasteiger partial charge on any atom is -0.481 e. The molecule has 0 radical (unpaired) electrons. The van der Waals surface area contributed by atoms with Crippen molar-refractivity contribution in [1.29, 1.82) is 0 Å². The Morgan fingerprint density at radius 3 is 2.36 bits per heavy atom. The van der Waals surface area contributed by atoms with Crippen LogP contribution in [0.4, 0.5) is 0 Å². The Morgan fingerprint density at radius 2 is 1.76 bits per heavy atom. The Kier molecular flexibility index (Phi) is 8.51. The van der Waals surface area contributed by atoms with Crippen LogP contribution in [0.2, 0.25) is 0 Å². The zero-order valence-corrected chi connectivity index (χ0v) is 18.8. The van der Waals surface area contributed by atoms with Crippen LogP contribution in [-0.2, 0) is 29.2 Å². The maximum atomic E-state index is 12.5. The van der Waals surface area contributed by atoms with Crippen molar-refractivity contribution in [2.75, 3.05) is 6.54 Å². The third-order valence-electron chi connectivity index (χ3n) is 5.00. The SMILES string of the molecule is C[C@@H](NC(=O)CCCCN1C(=O)c2ccccc2S1(=O)=O)C(=O)N[C@@H](CCC(=O)O)C(N)=O. The molecule has 0 saturated heterocycles. The predicted molar refractivity (Wildman–Crippen MR) is 114 cm³/mol. The van der Waals surface area contributed by atoms with Gasteiger partial charge in [0.05, 0.1) is 5.56 Å². The van der Waals surface area contributed by atoms with E-state index in [0.717, 1.165) is 4.31 Å². The fourth-order valence-corrected chi connectivity index (χ4v) is 4.83. The number of primary amides is 1. The lowest BCUT2D eigenvalue weighted by Crippen LogP contribution is -2.51. The van der Waals surface area contributed by atoms with Gasteiger partial charge in [0.15, 0.2) is 0 Å². The number of amides is 4. The van der Waals surface area contributed by atoms with Gasteiger partial charge in [-0.3, -0.25) is 24.0 Å². The Bertz CT molecular complexity index is 1060. The molecule has 13 heteroatoms. The zero-order chi connectivity index (χ0) is 24.8. The van der Waals surface area contributed by atoms with Crippen LogP contribution in [-0.4, -0.2) is 66.1 Å². The lowest BCUT2D eigenvalue weighted by molar-refractivity contribution is -0.137. The Balaban J connectivity index is 1.78. The van der Waals surface area contributed by atoms with Gasteiger partial charge in [0, 0.05) is 19.4 Å². The molecular weight excluding hydrogens is 456 g/mol. The number of carboxylic acids is 1. The predicted octanol–water partition coefficient (Wildman–Crippen LogP) is -0.659. The number of aliphatic carboxylic acids is 1. The number of carbonyl (C=O) groups is 5. The van der Waals surface area contributed by atoms with E-state index in [1.165, 1.54) is 25.1 Å². The zero-order valence-electron chi connectivity index (χ0n) is 17.9. The summed E-state index contributed by atoms with van der Waals surface area (Å²) >= 11 is 0. The van der Waals surface area contributed by atoms with Crippen molar-refractivity contribution < 1.29 is 37.5 Å². The summed E-state index contributed by atoms with van der Waals surface area (Å²) in [5, 5.41) is 13.4. The summed E-state index contributed by atoms with van der Waals surface area (Å²) < 4.78 is 25.7. The maximum Gasteiger partial charge on any atom is 0.303 e. The van der Waals surface area contributed by atoms with Crippen LogP contribution in [0.3, 0.4) is 0 Å². The molecule has 0 spiro atoms. The van der Waals surface area contributed by atoms with E-state index in [1.807, 2.05) is 0 Å². The highest BCUT2D eigenvalue weighted by Gasteiger charge is 2.40. The van der Waals surface area contributed by atoms with Gasteiger partial charge in [-0.1, -0.05) is 12.1 Å². The van der Waals surface area contributed by atoms with Crippen molar-refractivity contribution >= 4 is 39.6 Å². The number of benzene rings is 1. The quantitative estimate of drug-likeness (QED) is 0.282. The second-order valence-corrected chi connectivity index (χ2v) is 9.35. The summed E-state index contributed by atoms with van der Waals surface area (Å²) in [5.74, 6) is -3.84. The molecular formula is C20H26N4O8S. The van der Waals surface area contributed by atoms with Crippen LogP contribution >= 0.6 is 0 Å². The highest BCUT2D eigenvalue weighted by atomic mass is 32.2. The topological polar surface area (TPSA) is 193 Å². The number of fused-ring (bicyclic) bond motifs is 1. The summed E-state index contributed by atoms with van der Waals surface area (Å²) in [6.45, 7) is 1.30. The maximum absolute atomic E-state index is 12.5. The minimum absolute atomic E-state index is 0.0229. The van der Waals surface area contributed by atoms with Gasteiger partial charge in [-0.25, -0.2) is 12.7 Å². The average molecular weight is 483 g/mol. The van der Waals surface area contributed by atoms with Crippen LogP contribution in [0.15, 0.2) is 29.2 Å². The van der Waals surface area contributed by atoms with Crippen molar-refractivity contribution in [3.63, 3.8) is 0 Å². The molecule has 0 unspecified atom stereocenters. The van der Waals surface area contributed by atoms with Gasteiger partial charge in [-0.2, -0.15) is 0 Å². The molecule has 0 aliphatic carbocycles. The molecule has 2 atom stereocenters. The van der Waals surface area contributed by atoms with E-state index in [4.69, 9.17) is 10.8 Å². The number of nitrogens with zero attached hydrogens (tertiary/aromatic N) is 1. The van der Waals surface area contributed by atoms with Crippen LogP contribution in [0, 0.1) is 0 Å². The molecule has 1 heterocycles. The fraction of sp³-hybridized carbons (Fsp3) is 0.450. The summed E-state index contributed by atoms with van der Waals surface area (Å²) in [6.07, 6.45) is -0.0663. The first kappa shape index (κ1) is 25.8. The Morgan fingerprint density at radius 1 is 1.09 bits per heavy atom. The van der Waals surface area contributed by atoms with Crippen molar-refractivity contribution in [3.05, 3.63) is 29.8 Å². The molecule has 2 rings (SSSR count). The largest absolute Gasteiger partial charge is 0.481 e. The molecule has 1 aliphatic heterocycles. The highest BCUT2D eigenvalue weighted by molar-refractivity contribution is 7.90. The number of carbonyl (C=O) groups excluding carboxylic acids is 4. The molecule has 5 N–H and O–H groups in total. The van der Waals surface area contributed by atoms with E-state index in [9.17, 15) is 32.4 Å². The molecule has 0 saturated carbocycles. The van der Waals surface area contributed by atoms with Gasteiger partial charge in [-0.05, 0) is 38.3 Å². The molecule has 33 heavy (non-hydrogen) atoms. The Hall–Kier alpha value is -3.48. The van der Waals surface area contributed by atoms with Gasteiger partial charge >= 0.3 is 5.97 Å². The molecule has 180 valence electrons. The van der Waals surface area contributed by atoms with E-state index >= 15 is 0 Å².